The first-order valence-corrected chi connectivity index (χ1v) is 19.4. The molecule has 7 aromatic carbocycles. The predicted octanol–water partition coefficient (Wildman–Crippen LogP) is 8.07. The molecule has 7 aromatic rings. The van der Waals surface area contributed by atoms with Gasteiger partial charge in [0.2, 0.25) is 0 Å². The van der Waals surface area contributed by atoms with Crippen molar-refractivity contribution < 1.29 is 21.6 Å². The third kappa shape index (κ3) is 10.7. The maximum Gasteiger partial charge on any atom is 2.00 e. The summed E-state index contributed by atoms with van der Waals surface area (Å²) >= 11 is 5.59. The summed E-state index contributed by atoms with van der Waals surface area (Å²) in [6.07, 6.45) is 0. The summed E-state index contributed by atoms with van der Waals surface area (Å²) in [7, 11) is -2.13. The molecular formula is C44H40NiOP2S+2. The van der Waals surface area contributed by atoms with Gasteiger partial charge in [-0.3, -0.25) is 0 Å². The van der Waals surface area contributed by atoms with Gasteiger partial charge in [-0.25, -0.2) is 0 Å². The normalized spacial score (nSPS) is 10.2. The molecule has 0 radical (unpaired) electrons. The van der Waals surface area contributed by atoms with E-state index in [-0.39, 0.29) is 22.2 Å². The largest absolute Gasteiger partial charge is 2.00 e. The number of phenolic OH excluding ortho intramolecular Hbond substituents is 1. The number of hydrogen-bond acceptors (Lipinski definition) is 2. The molecule has 246 valence electrons. The molecule has 0 aliphatic rings. The Morgan fingerprint density at radius 1 is 0.449 bits per heavy atom. The summed E-state index contributed by atoms with van der Waals surface area (Å²) in [6.45, 7) is 4.29. The quantitative estimate of drug-likeness (QED) is 0.0807. The molecule has 0 unspecified atom stereocenters. The van der Waals surface area contributed by atoms with Gasteiger partial charge < -0.3 is 17.7 Å². The molecule has 0 fully saturated rings. The number of aromatic hydroxyl groups is 1. The average molecular weight is 738 g/mol. The van der Waals surface area contributed by atoms with E-state index in [9.17, 15) is 5.11 Å². The van der Waals surface area contributed by atoms with Crippen LogP contribution in [0.4, 0.5) is 0 Å². The number of phenols is 1. The first-order chi connectivity index (χ1) is 23.5. The van der Waals surface area contributed by atoms with Crippen LogP contribution in [0.1, 0.15) is 11.1 Å². The monoisotopic (exact) mass is 736 g/mol. The van der Waals surface area contributed by atoms with Crippen LogP contribution in [0, 0.1) is 19.9 Å². The van der Waals surface area contributed by atoms with Crippen molar-refractivity contribution in [1.29, 1.82) is 0 Å². The Hall–Kier alpha value is -4.09. The molecule has 1 nitrogen and oxygen atoms in total. The molecule has 0 aliphatic carbocycles. The first-order valence-electron chi connectivity index (χ1n) is 16.0. The van der Waals surface area contributed by atoms with Crippen molar-refractivity contribution in [2.45, 2.75) is 18.7 Å². The van der Waals surface area contributed by atoms with Gasteiger partial charge in [0, 0.05) is 6.07 Å². The van der Waals surface area contributed by atoms with Gasteiger partial charge in [-0.2, -0.15) is 36.4 Å². The molecule has 0 saturated carbocycles. The van der Waals surface area contributed by atoms with E-state index in [0.29, 0.717) is 0 Å². The van der Waals surface area contributed by atoms with Crippen LogP contribution in [-0.4, -0.2) is 5.11 Å². The Labute approximate surface area is 310 Å². The molecule has 1 N–H and O–H groups in total. The molecule has 0 saturated heterocycles. The zero-order chi connectivity index (χ0) is 33.6. The summed E-state index contributed by atoms with van der Waals surface area (Å²) in [5, 5.41) is 18.0. The SMILES string of the molecule is Cc1ccccc1[PH+](c1ccccc1C)c1cc(O)ccc1[S-].[Ni+2].[c-]1ccccc1.c1ccc([PH+](c2ccccc2)c2ccccc2)cc1. The maximum absolute atomic E-state index is 9.99. The predicted molar refractivity (Wildman–Crippen MR) is 215 cm³/mol. The van der Waals surface area contributed by atoms with Crippen LogP contribution in [0.25, 0.3) is 0 Å². The van der Waals surface area contributed by atoms with Crippen molar-refractivity contribution in [2.24, 2.45) is 0 Å². The van der Waals surface area contributed by atoms with E-state index in [1.165, 1.54) is 37.6 Å². The van der Waals surface area contributed by atoms with Crippen LogP contribution in [-0.2, 0) is 29.1 Å². The molecule has 7 rings (SSSR count). The van der Waals surface area contributed by atoms with Crippen LogP contribution in [0.3, 0.4) is 0 Å². The van der Waals surface area contributed by atoms with Gasteiger partial charge in [0.15, 0.2) is 0 Å². The van der Waals surface area contributed by atoms with Crippen LogP contribution in [0.15, 0.2) is 193 Å². The standard InChI is InChI=1S/C20H19OPS.C18H15P.C6H5.Ni/c1-14-7-3-5-9-17(14)22(18-10-6-4-8-15(18)2)19-13-16(21)11-12-20(19)23;1-4-10-16(11-5-1)19(17-12-6-2-7-13-17)18-14-8-3-9-15-18;1-2-4-6-5-3-1;/h3-13,21,23H,1-2H3;1-15H;1-5H;/q;;-1;+2/p+1. The van der Waals surface area contributed by atoms with E-state index in [1.807, 2.05) is 42.5 Å². The van der Waals surface area contributed by atoms with E-state index in [2.05, 4.69) is 159 Å². The van der Waals surface area contributed by atoms with Gasteiger partial charge in [-0.15, -0.1) is 4.90 Å². The fourth-order valence-electron chi connectivity index (χ4n) is 5.51. The minimum atomic E-state index is -1.25. The molecule has 49 heavy (non-hydrogen) atoms. The smallest absolute Gasteiger partial charge is 0.776 e. The maximum atomic E-state index is 9.99. The van der Waals surface area contributed by atoms with E-state index in [1.54, 1.807) is 6.07 Å². The molecular weight excluding hydrogens is 697 g/mol. The molecule has 5 heteroatoms. The van der Waals surface area contributed by atoms with Crippen LogP contribution < -0.4 is 31.8 Å². The van der Waals surface area contributed by atoms with Gasteiger partial charge in [0.1, 0.15) is 32.3 Å². The summed E-state index contributed by atoms with van der Waals surface area (Å²) in [5.74, 6) is 0.276. The summed E-state index contributed by atoms with van der Waals surface area (Å²) in [5.41, 5.74) is 2.53. The number of hydrogen-bond donors (Lipinski definition) is 1. The minimum absolute atomic E-state index is 0. The Balaban J connectivity index is 0.000000187. The fraction of sp³-hybridized carbons (Fsp3) is 0.0455. The number of aryl methyl sites for hydroxylation is 2. The topological polar surface area (TPSA) is 20.2 Å². The zero-order valence-electron chi connectivity index (χ0n) is 27.6. The third-order valence-corrected chi connectivity index (χ3v) is 14.3. The average Bonchev–Trinajstić information content (AvgIpc) is 3.14. The van der Waals surface area contributed by atoms with Gasteiger partial charge in [0.05, 0.1) is 21.1 Å². The second-order valence-electron chi connectivity index (χ2n) is 11.2. The second kappa shape index (κ2) is 19.8. The van der Waals surface area contributed by atoms with E-state index >= 15 is 0 Å². The van der Waals surface area contributed by atoms with Crippen molar-refractivity contribution in [3.05, 3.63) is 205 Å². The molecule has 0 aromatic heterocycles. The van der Waals surface area contributed by atoms with Gasteiger partial charge >= 0.3 is 16.5 Å². The summed E-state index contributed by atoms with van der Waals surface area (Å²) in [6, 6.07) is 67.3. The Morgan fingerprint density at radius 2 is 0.837 bits per heavy atom. The third-order valence-electron chi connectivity index (χ3n) is 7.86. The van der Waals surface area contributed by atoms with E-state index < -0.39 is 15.8 Å². The Kier molecular flexibility index (Phi) is 15.2. The van der Waals surface area contributed by atoms with Crippen molar-refractivity contribution in [3.8, 4) is 5.75 Å². The molecule has 0 heterocycles. The van der Waals surface area contributed by atoms with Crippen molar-refractivity contribution in [2.75, 3.05) is 0 Å². The minimum Gasteiger partial charge on any atom is -0.776 e. The van der Waals surface area contributed by atoms with Gasteiger partial charge in [-0.1, -0.05) is 97.1 Å². The number of benzene rings is 7. The van der Waals surface area contributed by atoms with Gasteiger partial charge in [-0.05, 0) is 79.6 Å². The van der Waals surface area contributed by atoms with Crippen LogP contribution in [0.2, 0.25) is 0 Å². The Bertz CT molecular complexity index is 1810. The molecule has 0 atom stereocenters. The Morgan fingerprint density at radius 3 is 1.20 bits per heavy atom. The molecule has 0 spiro atoms. The van der Waals surface area contributed by atoms with Crippen molar-refractivity contribution in [1.82, 2.24) is 0 Å². The molecule has 0 aliphatic heterocycles. The molecule has 0 amide bonds. The van der Waals surface area contributed by atoms with E-state index in [4.69, 9.17) is 12.6 Å². The fourth-order valence-corrected chi connectivity index (χ4v) is 11.5. The van der Waals surface area contributed by atoms with Gasteiger partial charge in [0.25, 0.3) is 0 Å². The first kappa shape index (κ1) is 37.7. The van der Waals surface area contributed by atoms with Crippen molar-refractivity contribution in [3.63, 3.8) is 0 Å². The second-order valence-corrected chi connectivity index (χ2v) is 16.5. The van der Waals surface area contributed by atoms with E-state index in [0.717, 1.165) is 10.2 Å². The number of rotatable bonds is 6. The molecule has 0 bridgehead atoms. The summed E-state index contributed by atoms with van der Waals surface area (Å²) < 4.78 is 0. The summed E-state index contributed by atoms with van der Waals surface area (Å²) in [4.78, 5) is 0.822. The van der Waals surface area contributed by atoms with Crippen LogP contribution in [0.5, 0.6) is 5.75 Å². The van der Waals surface area contributed by atoms with Crippen LogP contribution >= 0.6 is 15.8 Å². The zero-order valence-corrected chi connectivity index (χ0v) is 31.4. The van der Waals surface area contributed by atoms with Crippen molar-refractivity contribution >= 4 is 60.3 Å².